The molecule has 0 saturated heterocycles. The van der Waals surface area contributed by atoms with Gasteiger partial charge in [-0.1, -0.05) is 43.7 Å². The van der Waals surface area contributed by atoms with Crippen LogP contribution in [0.15, 0.2) is 18.2 Å². The first kappa shape index (κ1) is 35.4. The lowest BCUT2D eigenvalue weighted by atomic mass is 10.0. The molecule has 3 aromatic rings. The lowest BCUT2D eigenvalue weighted by Gasteiger charge is -2.15. The second kappa shape index (κ2) is 17.4. The summed E-state index contributed by atoms with van der Waals surface area (Å²) in [5.74, 6) is -1.64. The van der Waals surface area contributed by atoms with Crippen LogP contribution in [0.3, 0.4) is 0 Å². The average molecular weight is 650 g/mol. The highest BCUT2D eigenvalue weighted by Crippen LogP contribution is 2.27. The van der Waals surface area contributed by atoms with Crippen LogP contribution < -0.4 is 11.1 Å². The van der Waals surface area contributed by atoms with Crippen molar-refractivity contribution in [3.8, 4) is 0 Å². The Labute approximate surface area is 262 Å². The molecule has 1 amide bonds. The number of Topliss-reactive ketones (excluding diaryl/α,β-unsaturated/α-hetero) is 1. The Hall–Kier alpha value is -3.07. The van der Waals surface area contributed by atoms with Crippen molar-refractivity contribution >= 4 is 66.4 Å². The molecule has 0 saturated carbocycles. The molecule has 0 spiro atoms. The topological polar surface area (TPSA) is 194 Å². The molecule has 0 fully saturated rings. The molecule has 242 valence electrons. The molecule has 2 aromatic heterocycles. The second-order valence-corrected chi connectivity index (χ2v) is 13.2. The van der Waals surface area contributed by atoms with E-state index in [0.29, 0.717) is 18.8 Å². The summed E-state index contributed by atoms with van der Waals surface area (Å²) in [5.41, 5.74) is 9.74. The molecule has 0 aliphatic carbocycles. The number of nitrogens with zero attached hydrogens (tertiary/aromatic N) is 2. The Kier molecular flexibility index (Phi) is 14.0. The number of H-pyrrole nitrogens is 1. The van der Waals surface area contributed by atoms with Crippen LogP contribution in [0.2, 0.25) is 0 Å². The molecular formula is C30H43N5O7S2. The fraction of sp³-hybridized carbons (Fsp3) is 0.567. The van der Waals surface area contributed by atoms with Crippen LogP contribution in [0.4, 0.5) is 5.82 Å². The Balaban J connectivity index is 1.44. The number of carbonyl (C=O) groups excluding carboxylic acids is 3. The molecule has 5 N–H and O–H groups in total. The lowest BCUT2D eigenvalue weighted by Crippen LogP contribution is -2.36. The van der Waals surface area contributed by atoms with E-state index < -0.39 is 27.7 Å². The monoisotopic (exact) mass is 649 g/mol. The summed E-state index contributed by atoms with van der Waals surface area (Å²) in [4.78, 5) is 48.9. The highest BCUT2D eigenvalue weighted by atomic mass is 32.2. The normalized spacial score (nSPS) is 12.5. The van der Waals surface area contributed by atoms with E-state index in [1.54, 1.807) is 6.26 Å². The number of pyridine rings is 1. The van der Waals surface area contributed by atoms with Gasteiger partial charge in [0.2, 0.25) is 5.91 Å². The number of nitrogens with two attached hydrogens (primary N) is 1. The van der Waals surface area contributed by atoms with E-state index in [9.17, 15) is 27.4 Å². The highest BCUT2D eigenvalue weighted by molar-refractivity contribution is 8.13. The number of rotatable bonds is 20. The van der Waals surface area contributed by atoms with Crippen LogP contribution in [0, 0.1) is 5.92 Å². The summed E-state index contributed by atoms with van der Waals surface area (Å²) in [6.45, 7) is 2.70. The zero-order valence-electron chi connectivity index (χ0n) is 25.4. The number of aromatic nitrogens is 3. The number of unbranched alkanes of at least 4 members (excludes halogenated alkanes) is 3. The van der Waals surface area contributed by atoms with Crippen molar-refractivity contribution < 1.29 is 32.1 Å². The number of fused-ring (bicyclic) bond motifs is 3. The fourth-order valence-electron chi connectivity index (χ4n) is 4.87. The van der Waals surface area contributed by atoms with Gasteiger partial charge < -0.3 is 20.8 Å². The maximum atomic E-state index is 12.7. The second-order valence-electron chi connectivity index (χ2n) is 10.8. The van der Waals surface area contributed by atoms with Crippen molar-refractivity contribution in [2.45, 2.75) is 71.1 Å². The SMILES string of the molecule is CCCCc1nc2c([nH]1)c(N)nc1cc(CCCCCNC(=O)[C@@H](CC(=O)CCOCCC(=O)SC)CS(=O)(=O)O)ccc12. The Morgan fingerprint density at radius 3 is 2.59 bits per heavy atom. The van der Waals surface area contributed by atoms with Gasteiger partial charge in [-0.15, -0.1) is 0 Å². The number of carbonyl (C=O) groups is 3. The Morgan fingerprint density at radius 1 is 1.09 bits per heavy atom. The largest absolute Gasteiger partial charge is 0.382 e. The lowest BCUT2D eigenvalue weighted by molar-refractivity contribution is -0.129. The number of anilines is 1. The van der Waals surface area contributed by atoms with Crippen molar-refractivity contribution in [1.29, 1.82) is 0 Å². The molecule has 1 aromatic carbocycles. The van der Waals surface area contributed by atoms with Crippen LogP contribution >= 0.6 is 11.8 Å². The van der Waals surface area contributed by atoms with Gasteiger partial charge in [0.25, 0.3) is 10.1 Å². The van der Waals surface area contributed by atoms with Crippen LogP contribution in [0.1, 0.15) is 69.7 Å². The van der Waals surface area contributed by atoms with Gasteiger partial charge in [-0.3, -0.25) is 18.9 Å². The molecule has 2 heterocycles. The molecule has 0 unspecified atom stereocenters. The van der Waals surface area contributed by atoms with Gasteiger partial charge in [-0.2, -0.15) is 8.42 Å². The smallest absolute Gasteiger partial charge is 0.265 e. The fourth-order valence-corrected chi connectivity index (χ4v) is 5.93. The summed E-state index contributed by atoms with van der Waals surface area (Å²) in [6, 6.07) is 6.12. The summed E-state index contributed by atoms with van der Waals surface area (Å²) in [7, 11) is -4.46. The Bertz CT molecular complexity index is 1540. The van der Waals surface area contributed by atoms with Crippen LogP contribution in [0.25, 0.3) is 21.9 Å². The van der Waals surface area contributed by atoms with Crippen LogP contribution in [-0.4, -0.2) is 76.5 Å². The predicted octanol–water partition coefficient (Wildman–Crippen LogP) is 4.01. The highest BCUT2D eigenvalue weighted by Gasteiger charge is 2.26. The molecule has 0 aliphatic heterocycles. The predicted molar refractivity (Wildman–Crippen MR) is 173 cm³/mol. The van der Waals surface area contributed by atoms with Crippen molar-refractivity contribution in [1.82, 2.24) is 20.3 Å². The van der Waals surface area contributed by atoms with E-state index >= 15 is 0 Å². The van der Waals surface area contributed by atoms with Crippen molar-refractivity contribution in [2.75, 3.05) is 37.5 Å². The molecule has 12 nitrogen and oxygen atoms in total. The molecule has 1 atom stereocenters. The van der Waals surface area contributed by atoms with E-state index in [2.05, 4.69) is 28.3 Å². The van der Waals surface area contributed by atoms with E-state index in [4.69, 9.17) is 15.5 Å². The number of amides is 1. The summed E-state index contributed by atoms with van der Waals surface area (Å²) in [6.07, 6.45) is 7.68. The van der Waals surface area contributed by atoms with E-state index in [-0.39, 0.29) is 43.4 Å². The van der Waals surface area contributed by atoms with Crippen LogP contribution in [0.5, 0.6) is 0 Å². The summed E-state index contributed by atoms with van der Waals surface area (Å²) >= 11 is 1.10. The van der Waals surface area contributed by atoms with E-state index in [1.165, 1.54) is 0 Å². The number of imidazole rings is 1. The molecule has 14 heteroatoms. The van der Waals surface area contributed by atoms with Gasteiger partial charge in [0, 0.05) is 37.6 Å². The van der Waals surface area contributed by atoms with Gasteiger partial charge in [-0.05, 0) is 43.6 Å². The molecule has 0 aliphatic rings. The quantitative estimate of drug-likeness (QED) is 0.102. The number of aryl methyl sites for hydroxylation is 2. The number of ketones is 1. The standard InChI is InChI=1S/C30H43N5O7S2/c1-3-4-9-25-34-27-23-11-10-20(17-24(23)33-29(31)28(27)35-25)8-6-5-7-14-32-30(38)21(19-44(39,40)41)18-22(36)12-15-42-16-13-26(37)43-2/h10-11,17,21H,3-9,12-16,18-19H2,1-2H3,(H2,31,33)(H,32,38)(H,34,35)(H,39,40,41)/t21-/m0/s1. The van der Waals surface area contributed by atoms with Crippen molar-refractivity contribution in [3.63, 3.8) is 0 Å². The minimum absolute atomic E-state index is 0.0217. The number of thioether (sulfide) groups is 1. The number of hydrogen-bond donors (Lipinski definition) is 4. The summed E-state index contributed by atoms with van der Waals surface area (Å²) < 4.78 is 37.5. The van der Waals surface area contributed by atoms with Gasteiger partial charge in [0.1, 0.15) is 28.5 Å². The first-order chi connectivity index (χ1) is 21.0. The van der Waals surface area contributed by atoms with E-state index in [0.717, 1.165) is 83.6 Å². The molecule has 0 radical (unpaired) electrons. The zero-order valence-corrected chi connectivity index (χ0v) is 27.0. The van der Waals surface area contributed by atoms with Crippen molar-refractivity contribution in [3.05, 3.63) is 29.6 Å². The van der Waals surface area contributed by atoms with Gasteiger partial charge >= 0.3 is 0 Å². The number of ether oxygens (including phenoxy) is 1. The zero-order chi connectivity index (χ0) is 32.1. The third-order valence-corrected chi connectivity index (χ3v) is 8.72. The van der Waals surface area contributed by atoms with E-state index in [1.807, 2.05) is 12.1 Å². The molecule has 0 bridgehead atoms. The van der Waals surface area contributed by atoms with Gasteiger partial charge in [0.15, 0.2) is 5.12 Å². The third-order valence-electron chi connectivity index (χ3n) is 7.24. The first-order valence-electron chi connectivity index (χ1n) is 15.0. The number of aromatic amines is 1. The molecule has 3 rings (SSSR count). The maximum Gasteiger partial charge on any atom is 0.265 e. The minimum Gasteiger partial charge on any atom is -0.382 e. The molecular weight excluding hydrogens is 606 g/mol. The first-order valence-corrected chi connectivity index (χ1v) is 17.8. The Morgan fingerprint density at radius 2 is 1.86 bits per heavy atom. The third kappa shape index (κ3) is 11.5. The number of benzene rings is 1. The number of nitrogens with one attached hydrogen (secondary N) is 2. The molecule has 44 heavy (non-hydrogen) atoms. The van der Waals surface area contributed by atoms with Gasteiger partial charge in [-0.25, -0.2) is 9.97 Å². The maximum absolute atomic E-state index is 12.7. The van der Waals surface area contributed by atoms with Crippen molar-refractivity contribution in [2.24, 2.45) is 5.92 Å². The number of nitrogen functional groups attached to an aromatic ring is 1. The van der Waals surface area contributed by atoms with Crippen LogP contribution in [-0.2, 0) is 42.1 Å². The average Bonchev–Trinajstić information content (AvgIpc) is 3.41. The summed E-state index contributed by atoms with van der Waals surface area (Å²) in [5, 5.41) is 3.62. The minimum atomic E-state index is -4.46. The number of hydrogen-bond acceptors (Lipinski definition) is 10. The van der Waals surface area contributed by atoms with Gasteiger partial charge in [0.05, 0.1) is 30.4 Å².